The van der Waals surface area contributed by atoms with Gasteiger partial charge in [0.15, 0.2) is 0 Å². The molecule has 0 rings (SSSR count). The monoisotopic (exact) mass is 422 g/mol. The molecule has 0 aliphatic heterocycles. The number of carbonyl (C=O) groups excluding carboxylic acids is 1. The molecule has 0 heterocycles. The number of ether oxygens (including phenoxy) is 1. The van der Waals surface area contributed by atoms with Gasteiger partial charge in [0.1, 0.15) is 0 Å². The molecular weight excluding hydrogens is 380 g/mol. The molecule has 0 aromatic heterocycles. The van der Waals surface area contributed by atoms with Crippen LogP contribution in [0.5, 0.6) is 0 Å². The van der Waals surface area contributed by atoms with Crippen LogP contribution >= 0.6 is 11.8 Å². The van der Waals surface area contributed by atoms with Gasteiger partial charge in [-0.2, -0.15) is 11.8 Å². The predicted molar refractivity (Wildman–Crippen MR) is 116 cm³/mol. The summed E-state index contributed by atoms with van der Waals surface area (Å²) in [4.78, 5) is 11.7. The Labute approximate surface area is 172 Å². The maximum atomic E-state index is 11.7. The molecule has 0 aromatic carbocycles. The highest BCUT2D eigenvalue weighted by Gasteiger charge is 2.39. The highest BCUT2D eigenvalue weighted by molar-refractivity contribution is 7.99. The molecule has 7 heteroatoms. The van der Waals surface area contributed by atoms with Gasteiger partial charge < -0.3 is 18.0 Å². The molecule has 0 radical (unpaired) electrons. The summed E-state index contributed by atoms with van der Waals surface area (Å²) in [6, 6.07) is 0.830. The smallest absolute Gasteiger partial charge is 0.466 e. The minimum absolute atomic E-state index is 0.0759. The third-order valence-corrected chi connectivity index (χ3v) is 8.23. The summed E-state index contributed by atoms with van der Waals surface area (Å²) >= 11 is 1.78. The Balaban J connectivity index is 3.74. The van der Waals surface area contributed by atoms with Gasteiger partial charge in [-0.3, -0.25) is 4.79 Å². The van der Waals surface area contributed by atoms with E-state index in [-0.39, 0.29) is 5.97 Å². The number of thioether (sulfide) groups is 1. The van der Waals surface area contributed by atoms with E-state index >= 15 is 0 Å². The van der Waals surface area contributed by atoms with Crippen LogP contribution in [0, 0.1) is 5.92 Å². The van der Waals surface area contributed by atoms with E-state index in [4.69, 9.17) is 18.0 Å². The zero-order valence-corrected chi connectivity index (χ0v) is 20.0. The van der Waals surface area contributed by atoms with Crippen molar-refractivity contribution in [1.82, 2.24) is 0 Å². The zero-order chi connectivity index (χ0) is 20.4. The molecule has 162 valence electrons. The first-order chi connectivity index (χ1) is 13.0. The fourth-order valence-corrected chi connectivity index (χ4v) is 6.47. The van der Waals surface area contributed by atoms with Crippen LogP contribution in [0.25, 0.3) is 0 Å². The van der Waals surface area contributed by atoms with Gasteiger partial charge >= 0.3 is 14.8 Å². The zero-order valence-electron chi connectivity index (χ0n) is 18.2. The molecule has 0 unspecified atom stereocenters. The average molecular weight is 423 g/mol. The lowest BCUT2D eigenvalue weighted by atomic mass is 10.1. The lowest BCUT2D eigenvalue weighted by molar-refractivity contribution is -0.143. The van der Waals surface area contributed by atoms with E-state index in [0.717, 1.165) is 42.7 Å². The molecule has 0 saturated heterocycles. The summed E-state index contributed by atoms with van der Waals surface area (Å²) in [5.41, 5.74) is 0. The van der Waals surface area contributed by atoms with Gasteiger partial charge in [0.25, 0.3) is 0 Å². The van der Waals surface area contributed by atoms with Crippen molar-refractivity contribution in [3.63, 3.8) is 0 Å². The largest absolute Gasteiger partial charge is 0.500 e. The van der Waals surface area contributed by atoms with E-state index in [1.165, 1.54) is 12.8 Å². The van der Waals surface area contributed by atoms with Gasteiger partial charge in [-0.1, -0.05) is 33.1 Å². The van der Waals surface area contributed by atoms with Crippen molar-refractivity contribution in [1.29, 1.82) is 0 Å². The SMILES string of the molecule is CCO[Si](CCCSCCC(=O)OCCCCCC(C)C)(OCC)OCC. The molecule has 0 aliphatic rings. The number of carbonyl (C=O) groups is 1. The average Bonchev–Trinajstić information content (AvgIpc) is 2.61. The molecule has 0 N–H and O–H groups in total. The van der Waals surface area contributed by atoms with E-state index in [1.54, 1.807) is 11.8 Å². The molecule has 0 saturated carbocycles. The lowest BCUT2D eigenvalue weighted by Crippen LogP contribution is -2.46. The van der Waals surface area contributed by atoms with E-state index in [2.05, 4.69) is 13.8 Å². The normalized spacial score (nSPS) is 11.9. The molecule has 0 amide bonds. The van der Waals surface area contributed by atoms with Crippen LogP contribution < -0.4 is 0 Å². The van der Waals surface area contributed by atoms with Crippen molar-refractivity contribution < 1.29 is 22.8 Å². The Morgan fingerprint density at radius 2 is 1.52 bits per heavy atom. The van der Waals surface area contributed by atoms with Gasteiger partial charge in [-0.05, 0) is 45.3 Å². The van der Waals surface area contributed by atoms with Crippen molar-refractivity contribution in [3.05, 3.63) is 0 Å². The van der Waals surface area contributed by atoms with Gasteiger partial charge in [-0.25, -0.2) is 0 Å². The van der Waals surface area contributed by atoms with Crippen LogP contribution in [0.1, 0.15) is 73.1 Å². The van der Waals surface area contributed by atoms with Crippen LogP contribution in [0.3, 0.4) is 0 Å². The summed E-state index contributed by atoms with van der Waals surface area (Å²) in [5.74, 6) is 2.46. The standard InChI is InChI=1S/C20H42O5SSi/c1-6-23-27(24-7-2,25-8-3)18-12-16-26-17-14-20(21)22-15-11-9-10-13-19(4)5/h19H,6-18H2,1-5H3. The van der Waals surface area contributed by atoms with Crippen molar-refractivity contribution >= 4 is 26.5 Å². The Kier molecular flexibility index (Phi) is 17.9. The Hall–Kier alpha value is -0.0831. The lowest BCUT2D eigenvalue weighted by Gasteiger charge is -2.28. The second-order valence-electron chi connectivity index (χ2n) is 6.91. The van der Waals surface area contributed by atoms with Gasteiger partial charge in [0.2, 0.25) is 0 Å². The summed E-state index contributed by atoms with van der Waals surface area (Å²) in [6.45, 7) is 12.8. The topological polar surface area (TPSA) is 54.0 Å². The second-order valence-corrected chi connectivity index (χ2v) is 10.9. The molecule has 0 spiro atoms. The summed E-state index contributed by atoms with van der Waals surface area (Å²) in [5, 5.41) is 0. The van der Waals surface area contributed by atoms with Crippen LogP contribution in [0.2, 0.25) is 6.04 Å². The van der Waals surface area contributed by atoms with Crippen molar-refractivity contribution in [3.8, 4) is 0 Å². The van der Waals surface area contributed by atoms with Crippen molar-refractivity contribution in [2.24, 2.45) is 5.92 Å². The van der Waals surface area contributed by atoms with Crippen LogP contribution in [0.15, 0.2) is 0 Å². The minimum Gasteiger partial charge on any atom is -0.466 e. The predicted octanol–water partition coefficient (Wildman–Crippen LogP) is 5.31. The molecule has 0 bridgehead atoms. The molecule has 0 aliphatic carbocycles. The van der Waals surface area contributed by atoms with E-state index < -0.39 is 8.80 Å². The van der Waals surface area contributed by atoms with Crippen LogP contribution in [-0.4, -0.2) is 52.7 Å². The molecule has 0 aromatic rings. The van der Waals surface area contributed by atoms with Gasteiger partial charge in [0, 0.05) is 31.6 Å². The van der Waals surface area contributed by atoms with E-state index in [1.807, 2.05) is 20.8 Å². The first kappa shape index (κ1) is 26.9. The van der Waals surface area contributed by atoms with Crippen molar-refractivity contribution in [2.45, 2.75) is 79.2 Å². The van der Waals surface area contributed by atoms with Crippen LogP contribution in [-0.2, 0) is 22.8 Å². The fraction of sp³-hybridized carbons (Fsp3) is 0.950. The van der Waals surface area contributed by atoms with Gasteiger partial charge in [0.05, 0.1) is 13.0 Å². The van der Waals surface area contributed by atoms with E-state index in [0.29, 0.717) is 32.8 Å². The quantitative estimate of drug-likeness (QED) is 0.160. The van der Waals surface area contributed by atoms with Gasteiger partial charge in [-0.15, -0.1) is 0 Å². The molecular formula is C20H42O5SSi. The van der Waals surface area contributed by atoms with Crippen molar-refractivity contribution in [2.75, 3.05) is 37.9 Å². The first-order valence-corrected chi connectivity index (χ1v) is 13.7. The third-order valence-electron chi connectivity index (χ3n) is 4.00. The molecule has 0 atom stereocenters. The number of hydrogen-bond acceptors (Lipinski definition) is 6. The number of esters is 1. The molecule has 27 heavy (non-hydrogen) atoms. The third kappa shape index (κ3) is 15.5. The summed E-state index contributed by atoms with van der Waals surface area (Å²) in [6.07, 6.45) is 6.06. The molecule has 0 fully saturated rings. The fourth-order valence-electron chi connectivity index (χ4n) is 2.74. The van der Waals surface area contributed by atoms with E-state index in [9.17, 15) is 4.79 Å². The maximum absolute atomic E-state index is 11.7. The number of unbranched alkanes of at least 4 members (excludes halogenated alkanes) is 2. The Morgan fingerprint density at radius 1 is 0.889 bits per heavy atom. The number of rotatable bonds is 19. The summed E-state index contributed by atoms with van der Waals surface area (Å²) in [7, 11) is -2.52. The second kappa shape index (κ2) is 18.0. The highest BCUT2D eigenvalue weighted by atomic mass is 32.2. The minimum atomic E-state index is -2.52. The molecule has 5 nitrogen and oxygen atoms in total. The van der Waals surface area contributed by atoms with Crippen LogP contribution in [0.4, 0.5) is 0 Å². The maximum Gasteiger partial charge on any atom is 0.500 e. The highest BCUT2D eigenvalue weighted by Crippen LogP contribution is 2.20. The Bertz CT molecular complexity index is 338. The number of hydrogen-bond donors (Lipinski definition) is 0. The summed E-state index contributed by atoms with van der Waals surface area (Å²) < 4.78 is 22.9. The first-order valence-electron chi connectivity index (χ1n) is 10.6. The Morgan fingerprint density at radius 3 is 2.07 bits per heavy atom.